The van der Waals surface area contributed by atoms with E-state index in [0.29, 0.717) is 0 Å². The molecule has 0 bridgehead atoms. The zero-order valence-corrected chi connectivity index (χ0v) is 15.5. The van der Waals surface area contributed by atoms with Crippen LogP contribution >= 0.6 is 0 Å². The lowest BCUT2D eigenvalue weighted by atomic mass is 10.2. The van der Waals surface area contributed by atoms with Crippen LogP contribution in [0.3, 0.4) is 0 Å². The van der Waals surface area contributed by atoms with E-state index in [1.165, 1.54) is 56.3 Å². The van der Waals surface area contributed by atoms with Gasteiger partial charge in [0.15, 0.2) is 27.5 Å². The van der Waals surface area contributed by atoms with Crippen molar-refractivity contribution in [3.8, 4) is 5.75 Å². The second-order valence-corrected chi connectivity index (χ2v) is 7.78. The van der Waals surface area contributed by atoms with Gasteiger partial charge in [0.25, 0.3) is 11.8 Å². The predicted octanol–water partition coefficient (Wildman–Crippen LogP) is 1.85. The van der Waals surface area contributed by atoms with Crippen molar-refractivity contribution in [2.24, 2.45) is 0 Å². The molecule has 2 amide bonds. The van der Waals surface area contributed by atoms with Crippen molar-refractivity contribution in [2.45, 2.75) is 24.8 Å². The average molecular weight is 394 g/mol. The van der Waals surface area contributed by atoms with Gasteiger partial charge in [0.05, 0.1) is 16.2 Å². The number of halogens is 1. The minimum absolute atomic E-state index is 0.0951. The van der Waals surface area contributed by atoms with Gasteiger partial charge < -0.3 is 4.74 Å². The number of amides is 2. The van der Waals surface area contributed by atoms with Gasteiger partial charge in [-0.15, -0.1) is 0 Å². The molecule has 0 fully saturated rings. The molecular formula is C18H19FN2O5S. The van der Waals surface area contributed by atoms with Crippen LogP contribution in [0.25, 0.3) is 0 Å². The Kier molecular flexibility index (Phi) is 6.51. The van der Waals surface area contributed by atoms with E-state index in [2.05, 4.69) is 10.9 Å². The molecule has 0 heterocycles. The van der Waals surface area contributed by atoms with E-state index in [9.17, 15) is 22.4 Å². The van der Waals surface area contributed by atoms with Crippen molar-refractivity contribution in [3.63, 3.8) is 0 Å². The summed E-state index contributed by atoms with van der Waals surface area (Å²) < 4.78 is 42.9. The van der Waals surface area contributed by atoms with E-state index in [-0.39, 0.29) is 22.0 Å². The van der Waals surface area contributed by atoms with Crippen LogP contribution in [-0.2, 0) is 14.6 Å². The number of ether oxygens (including phenoxy) is 1. The van der Waals surface area contributed by atoms with E-state index < -0.39 is 33.6 Å². The first-order valence-electron chi connectivity index (χ1n) is 8.09. The summed E-state index contributed by atoms with van der Waals surface area (Å²) in [4.78, 5) is 24.2. The van der Waals surface area contributed by atoms with Crippen LogP contribution in [-0.4, -0.2) is 32.1 Å². The molecule has 0 aromatic heterocycles. The number of sulfone groups is 1. The lowest BCUT2D eigenvalue weighted by Gasteiger charge is -2.16. The van der Waals surface area contributed by atoms with Gasteiger partial charge in [-0.3, -0.25) is 20.4 Å². The molecule has 27 heavy (non-hydrogen) atoms. The first-order valence-corrected chi connectivity index (χ1v) is 9.74. The Bertz CT molecular complexity index is 946. The molecule has 0 aliphatic heterocycles. The molecule has 0 saturated carbocycles. The third-order valence-electron chi connectivity index (χ3n) is 3.66. The van der Waals surface area contributed by atoms with Gasteiger partial charge in [0.2, 0.25) is 0 Å². The quantitative estimate of drug-likeness (QED) is 0.728. The largest absolute Gasteiger partial charge is 0.478 e. The van der Waals surface area contributed by atoms with Crippen LogP contribution in [0.5, 0.6) is 5.75 Å². The second kappa shape index (κ2) is 8.63. The lowest BCUT2D eigenvalue weighted by molar-refractivity contribution is -0.128. The van der Waals surface area contributed by atoms with Crippen LogP contribution < -0.4 is 15.6 Å². The fourth-order valence-corrected chi connectivity index (χ4v) is 3.25. The number of para-hydroxylation sites is 1. The summed E-state index contributed by atoms with van der Waals surface area (Å²) in [5.74, 6) is -2.43. The molecule has 0 aliphatic rings. The molecule has 1 atom stereocenters. The number of carbonyl (C=O) groups is 2. The number of nitrogens with one attached hydrogen (secondary N) is 2. The zero-order chi connectivity index (χ0) is 20.0. The first-order chi connectivity index (χ1) is 12.8. The molecule has 2 N–H and O–H groups in total. The Labute approximate surface area is 156 Å². The molecule has 9 heteroatoms. The monoisotopic (exact) mass is 394 g/mol. The molecule has 2 aromatic rings. The number of rotatable bonds is 6. The highest BCUT2D eigenvalue weighted by Gasteiger charge is 2.22. The molecule has 0 radical (unpaired) electrons. The van der Waals surface area contributed by atoms with Crippen molar-refractivity contribution in [3.05, 3.63) is 59.9 Å². The van der Waals surface area contributed by atoms with E-state index in [1.807, 2.05) is 0 Å². The maximum Gasteiger partial charge on any atom is 0.279 e. The highest BCUT2D eigenvalue weighted by atomic mass is 32.2. The van der Waals surface area contributed by atoms with Gasteiger partial charge >= 0.3 is 0 Å². The molecule has 2 aromatic carbocycles. The van der Waals surface area contributed by atoms with Crippen LogP contribution in [0.15, 0.2) is 53.4 Å². The van der Waals surface area contributed by atoms with Gasteiger partial charge in [-0.25, -0.2) is 12.8 Å². The van der Waals surface area contributed by atoms with Crippen LogP contribution in [0, 0.1) is 5.82 Å². The van der Waals surface area contributed by atoms with Crippen molar-refractivity contribution < 1.29 is 27.1 Å². The zero-order valence-electron chi connectivity index (χ0n) is 14.7. The number of hydrogen-bond acceptors (Lipinski definition) is 5. The molecule has 0 spiro atoms. The number of carbonyl (C=O) groups excluding carboxylic acids is 2. The van der Waals surface area contributed by atoms with Gasteiger partial charge in [-0.05, 0) is 31.2 Å². The van der Waals surface area contributed by atoms with Gasteiger partial charge in [-0.1, -0.05) is 31.2 Å². The summed E-state index contributed by atoms with van der Waals surface area (Å²) in [6.07, 6.45) is -1.10. The molecule has 0 aliphatic carbocycles. The molecule has 2 rings (SSSR count). The van der Waals surface area contributed by atoms with Gasteiger partial charge in [0, 0.05) is 0 Å². The fourth-order valence-electron chi connectivity index (χ4n) is 2.15. The van der Waals surface area contributed by atoms with Crippen LogP contribution in [0.1, 0.15) is 24.2 Å². The Morgan fingerprint density at radius 1 is 1.07 bits per heavy atom. The van der Waals surface area contributed by atoms with Gasteiger partial charge in [0.1, 0.15) is 0 Å². The summed E-state index contributed by atoms with van der Waals surface area (Å²) in [6, 6.07) is 11.3. The highest BCUT2D eigenvalue weighted by Crippen LogP contribution is 2.18. The third-order valence-corrected chi connectivity index (χ3v) is 5.44. The summed E-state index contributed by atoms with van der Waals surface area (Å²) >= 11 is 0. The summed E-state index contributed by atoms with van der Waals surface area (Å²) in [6.45, 7) is 2.84. The number of benzene rings is 2. The van der Waals surface area contributed by atoms with E-state index in [4.69, 9.17) is 4.74 Å². The molecular weight excluding hydrogens is 375 g/mol. The average Bonchev–Trinajstić information content (AvgIpc) is 2.67. The molecule has 0 saturated heterocycles. The summed E-state index contributed by atoms with van der Waals surface area (Å²) in [7, 11) is -3.61. The second-order valence-electron chi connectivity index (χ2n) is 5.53. The Balaban J connectivity index is 2.04. The maximum absolute atomic E-state index is 13.6. The first kappa shape index (κ1) is 20.4. The highest BCUT2D eigenvalue weighted by molar-refractivity contribution is 7.91. The van der Waals surface area contributed by atoms with Crippen LogP contribution in [0.2, 0.25) is 0 Å². The normalized spacial score (nSPS) is 12.1. The summed E-state index contributed by atoms with van der Waals surface area (Å²) in [5, 5.41) is 0. The lowest BCUT2D eigenvalue weighted by Crippen LogP contribution is -2.47. The minimum atomic E-state index is -3.61. The van der Waals surface area contributed by atoms with E-state index in [1.54, 1.807) is 6.07 Å². The molecule has 144 valence electrons. The Hall–Kier alpha value is -2.94. The van der Waals surface area contributed by atoms with Crippen molar-refractivity contribution >= 4 is 21.7 Å². The SMILES string of the molecule is CCS(=O)(=O)c1ccccc1C(=O)NNC(=O)C(C)Oc1ccccc1F. The third kappa shape index (κ3) is 5.04. The van der Waals surface area contributed by atoms with Gasteiger partial charge in [-0.2, -0.15) is 0 Å². The van der Waals surface area contributed by atoms with Crippen molar-refractivity contribution in [2.75, 3.05) is 5.75 Å². The number of hydrogen-bond donors (Lipinski definition) is 2. The number of hydrazine groups is 1. The predicted molar refractivity (Wildman–Crippen MR) is 96.3 cm³/mol. The van der Waals surface area contributed by atoms with E-state index >= 15 is 0 Å². The smallest absolute Gasteiger partial charge is 0.279 e. The van der Waals surface area contributed by atoms with Crippen molar-refractivity contribution in [1.82, 2.24) is 10.9 Å². The standard InChI is InChI=1S/C18H19FN2O5S/c1-3-27(24,25)16-11-7-4-8-13(16)18(23)21-20-17(22)12(2)26-15-10-6-5-9-14(15)19/h4-12H,3H2,1-2H3,(H,20,22)(H,21,23). The Morgan fingerprint density at radius 3 is 2.37 bits per heavy atom. The Morgan fingerprint density at radius 2 is 1.70 bits per heavy atom. The fraction of sp³-hybridized carbons (Fsp3) is 0.222. The maximum atomic E-state index is 13.6. The summed E-state index contributed by atoms with van der Waals surface area (Å²) in [5.41, 5.74) is 4.18. The van der Waals surface area contributed by atoms with Crippen LogP contribution in [0.4, 0.5) is 4.39 Å². The molecule has 1 unspecified atom stereocenters. The minimum Gasteiger partial charge on any atom is -0.478 e. The van der Waals surface area contributed by atoms with Crippen molar-refractivity contribution in [1.29, 1.82) is 0 Å². The van der Waals surface area contributed by atoms with E-state index in [0.717, 1.165) is 0 Å². The molecule has 7 nitrogen and oxygen atoms in total. The topological polar surface area (TPSA) is 102 Å².